The van der Waals surface area contributed by atoms with E-state index in [0.29, 0.717) is 11.4 Å². The number of rotatable bonds is 2. The number of ether oxygens (including phenoxy) is 1. The summed E-state index contributed by atoms with van der Waals surface area (Å²) in [5.41, 5.74) is 5.81. The highest BCUT2D eigenvalue weighted by atomic mass is 127. The molecule has 1 heterocycles. The summed E-state index contributed by atoms with van der Waals surface area (Å²) in [4.78, 5) is 3.92. The molecule has 0 saturated heterocycles. The summed E-state index contributed by atoms with van der Waals surface area (Å²) >= 11 is 2.07. The second-order valence-electron chi connectivity index (χ2n) is 3.10. The van der Waals surface area contributed by atoms with Crippen LogP contribution in [0.15, 0.2) is 36.7 Å². The van der Waals surface area contributed by atoms with Gasteiger partial charge in [0.1, 0.15) is 5.75 Å². The van der Waals surface area contributed by atoms with Crippen LogP contribution in [0.25, 0.3) is 0 Å². The van der Waals surface area contributed by atoms with Gasteiger partial charge in [-0.3, -0.25) is 4.98 Å². The van der Waals surface area contributed by atoms with Crippen molar-refractivity contribution >= 4 is 28.3 Å². The second-order valence-corrected chi connectivity index (χ2v) is 4.26. The monoisotopic (exact) mass is 330 g/mol. The van der Waals surface area contributed by atoms with Crippen LogP contribution in [0, 0.1) is 9.39 Å². The van der Waals surface area contributed by atoms with E-state index in [1.54, 1.807) is 24.5 Å². The van der Waals surface area contributed by atoms with Crippen LogP contribution in [0.1, 0.15) is 0 Å². The van der Waals surface area contributed by atoms with Gasteiger partial charge in [-0.15, -0.1) is 0 Å². The molecule has 0 aliphatic heterocycles. The normalized spacial score (nSPS) is 10.1. The molecule has 16 heavy (non-hydrogen) atoms. The average molecular weight is 330 g/mol. The summed E-state index contributed by atoms with van der Waals surface area (Å²) in [7, 11) is 0. The Bertz CT molecular complexity index is 519. The van der Waals surface area contributed by atoms with Gasteiger partial charge < -0.3 is 10.5 Å². The van der Waals surface area contributed by atoms with E-state index in [1.165, 1.54) is 12.1 Å². The van der Waals surface area contributed by atoms with Crippen LogP contribution in [-0.2, 0) is 0 Å². The van der Waals surface area contributed by atoms with Gasteiger partial charge in [0, 0.05) is 30.2 Å². The highest BCUT2D eigenvalue weighted by molar-refractivity contribution is 14.1. The van der Waals surface area contributed by atoms with Gasteiger partial charge in [-0.1, -0.05) is 0 Å². The molecule has 2 rings (SSSR count). The Labute approximate surface area is 106 Å². The summed E-state index contributed by atoms with van der Waals surface area (Å²) in [6.07, 6.45) is 3.23. The maximum atomic E-state index is 13.4. The molecule has 0 atom stereocenters. The molecular formula is C11H8FIN2O. The third kappa shape index (κ3) is 2.41. The fourth-order valence-corrected chi connectivity index (χ4v) is 1.61. The summed E-state index contributed by atoms with van der Waals surface area (Å²) in [6, 6.07) is 5.99. The zero-order valence-corrected chi connectivity index (χ0v) is 10.3. The summed E-state index contributed by atoms with van der Waals surface area (Å²) in [5, 5.41) is 0. The Morgan fingerprint density at radius 2 is 2.06 bits per heavy atom. The van der Waals surface area contributed by atoms with Crippen LogP contribution >= 0.6 is 22.6 Å². The number of nitrogens with two attached hydrogens (primary N) is 1. The minimum Gasteiger partial charge on any atom is -0.453 e. The van der Waals surface area contributed by atoms with E-state index >= 15 is 0 Å². The van der Waals surface area contributed by atoms with E-state index in [4.69, 9.17) is 10.5 Å². The van der Waals surface area contributed by atoms with Crippen molar-refractivity contribution in [1.29, 1.82) is 0 Å². The third-order valence-corrected chi connectivity index (χ3v) is 2.72. The minimum absolute atomic E-state index is 0.151. The van der Waals surface area contributed by atoms with Crippen LogP contribution in [0.3, 0.4) is 0 Å². The van der Waals surface area contributed by atoms with Gasteiger partial charge in [0.25, 0.3) is 0 Å². The number of anilines is 1. The van der Waals surface area contributed by atoms with E-state index < -0.39 is 5.82 Å². The lowest BCUT2D eigenvalue weighted by molar-refractivity contribution is 0.439. The fourth-order valence-electron chi connectivity index (χ4n) is 1.16. The molecular weight excluding hydrogens is 322 g/mol. The molecule has 2 N–H and O–H groups in total. The fraction of sp³-hybridized carbons (Fsp3) is 0. The molecule has 0 bridgehead atoms. The minimum atomic E-state index is -0.479. The number of nitrogens with zero attached hydrogens (tertiary/aromatic N) is 1. The number of hydrogen-bond acceptors (Lipinski definition) is 3. The van der Waals surface area contributed by atoms with E-state index in [-0.39, 0.29) is 5.75 Å². The SMILES string of the molecule is Nc1ccc(Oc2ccncc2I)c(F)c1. The molecule has 5 heteroatoms. The molecule has 82 valence electrons. The first-order valence-corrected chi connectivity index (χ1v) is 5.57. The van der Waals surface area contributed by atoms with Crippen molar-refractivity contribution < 1.29 is 9.13 Å². The predicted octanol–water partition coefficient (Wildman–Crippen LogP) is 3.20. The molecule has 0 spiro atoms. The molecule has 0 amide bonds. The van der Waals surface area contributed by atoms with E-state index in [9.17, 15) is 4.39 Å². The van der Waals surface area contributed by atoms with Gasteiger partial charge in [0.15, 0.2) is 11.6 Å². The first-order chi connectivity index (χ1) is 7.66. The van der Waals surface area contributed by atoms with Crippen molar-refractivity contribution in [3.05, 3.63) is 46.0 Å². The lowest BCUT2D eigenvalue weighted by Crippen LogP contribution is -1.93. The maximum absolute atomic E-state index is 13.4. The molecule has 0 fully saturated rings. The molecule has 0 unspecified atom stereocenters. The topological polar surface area (TPSA) is 48.1 Å². The number of aromatic nitrogens is 1. The highest BCUT2D eigenvalue weighted by Crippen LogP contribution is 2.28. The van der Waals surface area contributed by atoms with Gasteiger partial charge in [0.05, 0.1) is 3.57 Å². The number of hydrogen-bond donors (Lipinski definition) is 1. The van der Waals surface area contributed by atoms with E-state index in [2.05, 4.69) is 27.6 Å². The smallest absolute Gasteiger partial charge is 0.167 e. The zero-order chi connectivity index (χ0) is 11.5. The average Bonchev–Trinajstić information content (AvgIpc) is 2.25. The summed E-state index contributed by atoms with van der Waals surface area (Å²) in [6.45, 7) is 0. The van der Waals surface area contributed by atoms with Crippen molar-refractivity contribution in [1.82, 2.24) is 4.98 Å². The van der Waals surface area contributed by atoms with Gasteiger partial charge in [-0.05, 0) is 34.7 Å². The van der Waals surface area contributed by atoms with Gasteiger partial charge >= 0.3 is 0 Å². The molecule has 2 aromatic rings. The first kappa shape index (κ1) is 11.1. The third-order valence-electron chi connectivity index (χ3n) is 1.91. The second kappa shape index (κ2) is 4.65. The Kier molecular flexibility index (Phi) is 3.23. The summed E-state index contributed by atoms with van der Waals surface area (Å²) < 4.78 is 19.7. The molecule has 1 aromatic heterocycles. The van der Waals surface area contributed by atoms with Gasteiger partial charge in [-0.2, -0.15) is 0 Å². The molecule has 3 nitrogen and oxygen atoms in total. The lowest BCUT2D eigenvalue weighted by atomic mass is 10.3. The van der Waals surface area contributed by atoms with Crippen LogP contribution in [0.4, 0.5) is 10.1 Å². The standard InChI is InChI=1S/C11H8FIN2O/c12-8-5-7(14)1-2-10(8)16-11-3-4-15-6-9(11)13/h1-6H,14H2. The number of pyridine rings is 1. The van der Waals surface area contributed by atoms with Gasteiger partial charge in [-0.25, -0.2) is 4.39 Å². The lowest BCUT2D eigenvalue weighted by Gasteiger charge is -2.08. The van der Waals surface area contributed by atoms with Gasteiger partial charge in [0.2, 0.25) is 0 Å². The van der Waals surface area contributed by atoms with Crippen molar-refractivity contribution in [3.63, 3.8) is 0 Å². The highest BCUT2D eigenvalue weighted by Gasteiger charge is 2.07. The molecule has 0 saturated carbocycles. The number of benzene rings is 1. The predicted molar refractivity (Wildman–Crippen MR) is 67.8 cm³/mol. The molecule has 0 radical (unpaired) electrons. The van der Waals surface area contributed by atoms with Crippen molar-refractivity contribution in [2.45, 2.75) is 0 Å². The number of nitrogen functional groups attached to an aromatic ring is 1. The Hall–Kier alpha value is -1.37. The van der Waals surface area contributed by atoms with Crippen molar-refractivity contribution in [3.8, 4) is 11.5 Å². The largest absolute Gasteiger partial charge is 0.453 e. The number of halogens is 2. The molecule has 0 aliphatic carbocycles. The van der Waals surface area contributed by atoms with E-state index in [1.807, 2.05) is 0 Å². The van der Waals surface area contributed by atoms with E-state index in [0.717, 1.165) is 3.57 Å². The first-order valence-electron chi connectivity index (χ1n) is 4.49. The van der Waals surface area contributed by atoms with Crippen LogP contribution < -0.4 is 10.5 Å². The molecule has 0 aliphatic rings. The quantitative estimate of drug-likeness (QED) is 0.680. The summed E-state index contributed by atoms with van der Waals surface area (Å²) in [5.74, 6) is 0.241. The van der Waals surface area contributed by atoms with Crippen molar-refractivity contribution in [2.75, 3.05) is 5.73 Å². The van der Waals surface area contributed by atoms with Crippen LogP contribution in [0.5, 0.6) is 11.5 Å². The Morgan fingerprint density at radius 1 is 1.25 bits per heavy atom. The van der Waals surface area contributed by atoms with Crippen molar-refractivity contribution in [2.24, 2.45) is 0 Å². The maximum Gasteiger partial charge on any atom is 0.167 e. The van der Waals surface area contributed by atoms with Crippen LogP contribution in [-0.4, -0.2) is 4.98 Å². The Balaban J connectivity index is 2.31. The Morgan fingerprint density at radius 3 is 2.75 bits per heavy atom. The van der Waals surface area contributed by atoms with Crippen LogP contribution in [0.2, 0.25) is 0 Å². The molecule has 1 aromatic carbocycles. The zero-order valence-electron chi connectivity index (χ0n) is 8.15.